The molecule has 1 aromatic rings. The van der Waals surface area contributed by atoms with E-state index in [0.29, 0.717) is 11.1 Å². The quantitative estimate of drug-likeness (QED) is 0.857. The molecule has 1 amide bonds. The molecule has 21 heavy (non-hydrogen) atoms. The Labute approximate surface area is 122 Å². The Hall–Kier alpha value is -2.37. The third-order valence-electron chi connectivity index (χ3n) is 3.04. The molecule has 1 heterocycles. The van der Waals surface area contributed by atoms with Crippen molar-refractivity contribution >= 4 is 17.8 Å². The number of hydrogen-bond donors (Lipinski definition) is 1. The van der Waals surface area contributed by atoms with E-state index in [1.54, 1.807) is 45.0 Å². The van der Waals surface area contributed by atoms with Crippen LogP contribution in [0, 0.1) is 0 Å². The van der Waals surface area contributed by atoms with E-state index in [9.17, 15) is 19.5 Å². The lowest BCUT2D eigenvalue weighted by Crippen LogP contribution is -2.47. The number of rotatable bonds is 1. The first kappa shape index (κ1) is 15.0. The van der Waals surface area contributed by atoms with Gasteiger partial charge in [0.1, 0.15) is 5.60 Å². The Morgan fingerprint density at radius 2 is 1.90 bits per heavy atom. The Bertz CT molecular complexity index is 602. The number of aliphatic carboxylic acids is 1. The van der Waals surface area contributed by atoms with Crippen molar-refractivity contribution in [1.82, 2.24) is 4.90 Å². The summed E-state index contributed by atoms with van der Waals surface area (Å²) in [4.78, 5) is 36.8. The summed E-state index contributed by atoms with van der Waals surface area (Å²) in [5.41, 5.74) is -0.114. The topological polar surface area (TPSA) is 83.9 Å². The maximum Gasteiger partial charge on any atom is 0.411 e. The van der Waals surface area contributed by atoms with Crippen molar-refractivity contribution in [2.24, 2.45) is 0 Å². The van der Waals surface area contributed by atoms with E-state index in [0.717, 1.165) is 4.90 Å². The van der Waals surface area contributed by atoms with E-state index in [4.69, 9.17) is 4.74 Å². The molecular formula is C15H17NO5. The summed E-state index contributed by atoms with van der Waals surface area (Å²) >= 11 is 0. The number of carboxylic acids is 1. The first-order valence-corrected chi connectivity index (χ1v) is 6.55. The minimum Gasteiger partial charge on any atom is -0.479 e. The fourth-order valence-electron chi connectivity index (χ4n) is 2.25. The lowest BCUT2D eigenvalue weighted by atomic mass is 9.92. The summed E-state index contributed by atoms with van der Waals surface area (Å²) in [7, 11) is 0. The second-order valence-corrected chi connectivity index (χ2v) is 5.86. The highest BCUT2D eigenvalue weighted by molar-refractivity contribution is 6.04. The van der Waals surface area contributed by atoms with Crippen LogP contribution in [0.25, 0.3) is 0 Å². The Balaban J connectivity index is 2.42. The molecule has 6 nitrogen and oxygen atoms in total. The molecule has 1 N–H and O–H groups in total. The van der Waals surface area contributed by atoms with Gasteiger partial charge >= 0.3 is 12.1 Å². The number of benzene rings is 1. The minimum atomic E-state index is -1.21. The Morgan fingerprint density at radius 1 is 1.29 bits per heavy atom. The predicted molar refractivity (Wildman–Crippen MR) is 74.1 cm³/mol. The van der Waals surface area contributed by atoms with Gasteiger partial charge in [-0.15, -0.1) is 0 Å². The second-order valence-electron chi connectivity index (χ2n) is 5.86. The number of amides is 1. The van der Waals surface area contributed by atoms with Crippen LogP contribution in [0.2, 0.25) is 0 Å². The molecule has 0 radical (unpaired) electrons. The number of ether oxygens (including phenoxy) is 1. The highest BCUT2D eigenvalue weighted by atomic mass is 16.6. The normalized spacial score (nSPS) is 18.1. The first-order valence-electron chi connectivity index (χ1n) is 6.55. The molecule has 0 spiro atoms. The zero-order valence-electron chi connectivity index (χ0n) is 12.1. The van der Waals surface area contributed by atoms with Gasteiger partial charge in [0.15, 0.2) is 11.8 Å². The van der Waals surface area contributed by atoms with Crippen LogP contribution < -0.4 is 0 Å². The van der Waals surface area contributed by atoms with Crippen LogP contribution in [-0.4, -0.2) is 40.0 Å². The molecule has 0 fully saturated rings. The number of Topliss-reactive ketones (excluding diaryl/α,β-unsaturated/α-hetero) is 1. The van der Waals surface area contributed by atoms with Crippen molar-refractivity contribution in [3.05, 3.63) is 35.4 Å². The minimum absolute atomic E-state index is 0.297. The summed E-state index contributed by atoms with van der Waals surface area (Å²) in [5.74, 6) is -1.49. The van der Waals surface area contributed by atoms with Gasteiger partial charge in [-0.2, -0.15) is 0 Å². The Kier molecular flexibility index (Phi) is 3.72. The molecule has 1 aliphatic rings. The molecule has 6 heteroatoms. The summed E-state index contributed by atoms with van der Waals surface area (Å²) in [6.07, 6.45) is -0.808. The fourth-order valence-corrected chi connectivity index (χ4v) is 2.25. The van der Waals surface area contributed by atoms with Crippen LogP contribution in [0.4, 0.5) is 4.79 Å². The zero-order chi connectivity index (χ0) is 15.8. The highest BCUT2D eigenvalue weighted by Crippen LogP contribution is 2.31. The smallest absolute Gasteiger partial charge is 0.411 e. The Morgan fingerprint density at radius 3 is 2.48 bits per heavy atom. The molecule has 0 saturated heterocycles. The highest BCUT2D eigenvalue weighted by Gasteiger charge is 2.41. The molecule has 0 bridgehead atoms. The number of ketones is 1. The molecule has 112 valence electrons. The van der Waals surface area contributed by atoms with Crippen LogP contribution >= 0.6 is 0 Å². The molecule has 1 unspecified atom stereocenters. The summed E-state index contributed by atoms with van der Waals surface area (Å²) in [6.45, 7) is 4.74. The predicted octanol–water partition coefficient (Wildman–Crippen LogP) is 2.25. The standard InChI is InChI=1S/C15H17NO5/c1-15(2,3)21-14(20)16-8-11(17)9-6-4-5-7-10(9)12(16)13(18)19/h4-7,12H,8H2,1-3H3,(H,18,19). The number of carbonyl (C=O) groups is 3. The van der Waals surface area contributed by atoms with Gasteiger partial charge in [-0.25, -0.2) is 9.59 Å². The van der Waals surface area contributed by atoms with Gasteiger partial charge in [0, 0.05) is 5.56 Å². The SMILES string of the molecule is CC(C)(C)OC(=O)N1CC(=O)c2ccccc2C1C(=O)O. The van der Waals surface area contributed by atoms with Crippen molar-refractivity contribution in [3.8, 4) is 0 Å². The van der Waals surface area contributed by atoms with E-state index in [-0.39, 0.29) is 12.3 Å². The summed E-state index contributed by atoms with van der Waals surface area (Å²) in [6, 6.07) is 5.20. The molecule has 0 aliphatic carbocycles. The van der Waals surface area contributed by atoms with Crippen molar-refractivity contribution < 1.29 is 24.2 Å². The number of nitrogens with zero attached hydrogens (tertiary/aromatic N) is 1. The van der Waals surface area contributed by atoms with Crippen molar-refractivity contribution in [2.75, 3.05) is 6.54 Å². The van der Waals surface area contributed by atoms with Crippen LogP contribution in [0.15, 0.2) is 24.3 Å². The average Bonchev–Trinajstić information content (AvgIpc) is 2.36. The molecule has 0 aromatic heterocycles. The van der Waals surface area contributed by atoms with E-state index < -0.39 is 23.7 Å². The fraction of sp³-hybridized carbons (Fsp3) is 0.400. The monoisotopic (exact) mass is 291 g/mol. The second kappa shape index (κ2) is 5.20. The van der Waals surface area contributed by atoms with Gasteiger partial charge in [-0.05, 0) is 26.3 Å². The number of carboxylic acid groups (broad SMARTS) is 1. The number of carbonyl (C=O) groups excluding carboxylic acids is 2. The summed E-state index contributed by atoms with van der Waals surface area (Å²) < 4.78 is 5.19. The van der Waals surface area contributed by atoms with Crippen LogP contribution in [-0.2, 0) is 9.53 Å². The van der Waals surface area contributed by atoms with Crippen molar-refractivity contribution in [1.29, 1.82) is 0 Å². The van der Waals surface area contributed by atoms with Crippen LogP contribution in [0.5, 0.6) is 0 Å². The van der Waals surface area contributed by atoms with Gasteiger partial charge in [0.05, 0.1) is 6.54 Å². The largest absolute Gasteiger partial charge is 0.479 e. The van der Waals surface area contributed by atoms with Gasteiger partial charge in [0.2, 0.25) is 0 Å². The molecule has 0 saturated carbocycles. The van der Waals surface area contributed by atoms with E-state index >= 15 is 0 Å². The maximum absolute atomic E-state index is 12.2. The lowest BCUT2D eigenvalue weighted by molar-refractivity contribution is -0.143. The van der Waals surface area contributed by atoms with E-state index in [1.807, 2.05) is 0 Å². The van der Waals surface area contributed by atoms with Crippen LogP contribution in [0.1, 0.15) is 42.7 Å². The molecule has 1 atom stereocenters. The molecule has 1 aliphatic heterocycles. The van der Waals surface area contributed by atoms with E-state index in [1.165, 1.54) is 0 Å². The van der Waals surface area contributed by atoms with Gasteiger partial charge in [0.25, 0.3) is 0 Å². The first-order chi connectivity index (χ1) is 9.70. The maximum atomic E-state index is 12.2. The third-order valence-corrected chi connectivity index (χ3v) is 3.04. The van der Waals surface area contributed by atoms with Gasteiger partial charge in [-0.3, -0.25) is 9.69 Å². The van der Waals surface area contributed by atoms with Crippen molar-refractivity contribution in [2.45, 2.75) is 32.4 Å². The summed E-state index contributed by atoms with van der Waals surface area (Å²) in [5, 5.41) is 9.43. The third kappa shape index (κ3) is 3.04. The number of hydrogen-bond acceptors (Lipinski definition) is 4. The van der Waals surface area contributed by atoms with Gasteiger partial charge < -0.3 is 9.84 Å². The zero-order valence-corrected chi connectivity index (χ0v) is 12.1. The van der Waals surface area contributed by atoms with Gasteiger partial charge in [-0.1, -0.05) is 24.3 Å². The lowest BCUT2D eigenvalue weighted by Gasteiger charge is -2.34. The average molecular weight is 291 g/mol. The molecular weight excluding hydrogens is 274 g/mol. The van der Waals surface area contributed by atoms with E-state index in [2.05, 4.69) is 0 Å². The van der Waals surface area contributed by atoms with Crippen molar-refractivity contribution in [3.63, 3.8) is 0 Å². The molecule has 2 rings (SSSR count). The number of fused-ring (bicyclic) bond motifs is 1. The molecule has 1 aromatic carbocycles. The van der Waals surface area contributed by atoms with Crippen LogP contribution in [0.3, 0.4) is 0 Å².